The van der Waals surface area contributed by atoms with E-state index in [1.54, 1.807) is 18.2 Å². The van der Waals surface area contributed by atoms with Gasteiger partial charge in [-0.05, 0) is 37.5 Å². The average Bonchev–Trinajstić information content (AvgIpc) is 2.25. The monoisotopic (exact) mass is 362 g/mol. The third-order valence-corrected chi connectivity index (χ3v) is 5.33. The fourth-order valence-corrected chi connectivity index (χ4v) is 4.67. The molecule has 0 spiro atoms. The molecule has 0 aromatic heterocycles. The molecule has 1 unspecified atom stereocenters. The number of anilines is 1. The van der Waals surface area contributed by atoms with Crippen LogP contribution in [0, 0.1) is 5.41 Å². The first-order valence-electron chi connectivity index (χ1n) is 7.45. The topological polar surface area (TPSA) is 81.4 Å². The van der Waals surface area contributed by atoms with E-state index in [0.717, 1.165) is 5.56 Å². The smallest absolute Gasteiger partial charge is 0.212 e. The molecule has 7 heteroatoms. The number of ether oxygens (including phenoxy) is 1. The summed E-state index contributed by atoms with van der Waals surface area (Å²) in [5, 5.41) is 0. The van der Waals surface area contributed by atoms with Crippen molar-refractivity contribution in [3.63, 3.8) is 0 Å². The zero-order valence-electron chi connectivity index (χ0n) is 14.3. The number of nitrogens with two attached hydrogens (primary N) is 1. The quantitative estimate of drug-likeness (QED) is 0.808. The summed E-state index contributed by atoms with van der Waals surface area (Å²) in [5.41, 5.74) is 6.51. The maximum atomic E-state index is 12.4. The second-order valence-corrected chi connectivity index (χ2v) is 9.61. The lowest BCUT2D eigenvalue weighted by Gasteiger charge is -2.38. The van der Waals surface area contributed by atoms with Gasteiger partial charge in [-0.3, -0.25) is 0 Å². The number of nitrogens with one attached hydrogen (secondary N) is 1. The van der Waals surface area contributed by atoms with Gasteiger partial charge in [0.15, 0.2) is 0 Å². The average molecular weight is 363 g/mol. The van der Waals surface area contributed by atoms with Crippen LogP contribution in [0.15, 0.2) is 18.2 Å². The third kappa shape index (κ3) is 5.55. The number of benzene rings is 1. The molecule has 3 N–H and O–H groups in total. The first-order valence-corrected chi connectivity index (χ1v) is 9.11. The molecule has 1 aromatic carbocycles. The Balaban J connectivity index is 0.00000264. The molecule has 1 atom stereocenters. The number of sulfonamides is 1. The van der Waals surface area contributed by atoms with E-state index >= 15 is 0 Å². The van der Waals surface area contributed by atoms with Crippen LogP contribution in [0.5, 0.6) is 5.75 Å². The van der Waals surface area contributed by atoms with Crippen LogP contribution in [0.2, 0.25) is 0 Å². The predicted octanol–water partition coefficient (Wildman–Crippen LogP) is 3.26. The number of hydrogen-bond acceptors (Lipinski definition) is 4. The summed E-state index contributed by atoms with van der Waals surface area (Å²) in [5.74, 6) is 0.768. The normalized spacial score (nSPS) is 20.1. The predicted molar refractivity (Wildman–Crippen MR) is 96.5 cm³/mol. The van der Waals surface area contributed by atoms with Crippen molar-refractivity contribution in [1.29, 1.82) is 0 Å². The molecule has 0 amide bonds. The maximum Gasteiger partial charge on any atom is 0.212 e. The van der Waals surface area contributed by atoms with Crippen molar-refractivity contribution < 1.29 is 13.2 Å². The van der Waals surface area contributed by atoms with Gasteiger partial charge in [-0.2, -0.15) is 0 Å². The van der Waals surface area contributed by atoms with Crippen LogP contribution in [0.3, 0.4) is 0 Å². The van der Waals surface area contributed by atoms with Crippen LogP contribution in [0.25, 0.3) is 0 Å². The van der Waals surface area contributed by atoms with Crippen molar-refractivity contribution in [3.05, 3.63) is 23.8 Å². The first-order chi connectivity index (χ1) is 9.87. The fraction of sp³-hybridized carbons (Fsp3) is 0.625. The second-order valence-electron chi connectivity index (χ2n) is 7.85. The highest BCUT2D eigenvalue weighted by Crippen LogP contribution is 2.40. The van der Waals surface area contributed by atoms with Crippen LogP contribution in [-0.2, 0) is 10.0 Å². The molecule has 0 aliphatic carbocycles. The van der Waals surface area contributed by atoms with E-state index in [2.05, 4.69) is 4.72 Å². The Bertz CT molecular complexity index is 666. The van der Waals surface area contributed by atoms with Gasteiger partial charge in [-0.1, -0.05) is 20.8 Å². The van der Waals surface area contributed by atoms with Crippen LogP contribution >= 0.6 is 12.4 Å². The Labute approximate surface area is 145 Å². The summed E-state index contributed by atoms with van der Waals surface area (Å²) in [6, 6.07) is 5.03. The van der Waals surface area contributed by atoms with E-state index in [0.29, 0.717) is 17.9 Å². The minimum Gasteiger partial charge on any atom is -0.487 e. The molecule has 0 bridgehead atoms. The molecule has 1 heterocycles. The Kier molecular flexibility index (Phi) is 5.66. The Morgan fingerprint density at radius 1 is 1.35 bits per heavy atom. The maximum absolute atomic E-state index is 12.4. The van der Waals surface area contributed by atoms with Gasteiger partial charge in [0.25, 0.3) is 0 Å². The number of hydrogen-bond donors (Lipinski definition) is 2. The molecule has 2 rings (SSSR count). The SMILES string of the molecule is CC(C)(C)CS(=O)(=O)NC1CC(C)(C)Oc2ccc(N)cc21.Cl. The molecular weight excluding hydrogens is 336 g/mol. The molecule has 23 heavy (non-hydrogen) atoms. The van der Waals surface area contributed by atoms with Gasteiger partial charge in [0.1, 0.15) is 11.4 Å². The van der Waals surface area contributed by atoms with Gasteiger partial charge in [0, 0.05) is 17.7 Å². The number of nitrogen functional groups attached to an aromatic ring is 1. The van der Waals surface area contributed by atoms with E-state index in [1.807, 2.05) is 34.6 Å². The van der Waals surface area contributed by atoms with Gasteiger partial charge >= 0.3 is 0 Å². The molecule has 0 fully saturated rings. The molecule has 0 radical (unpaired) electrons. The zero-order chi connectivity index (χ0) is 16.8. The molecule has 5 nitrogen and oxygen atoms in total. The molecule has 1 aliphatic rings. The van der Waals surface area contributed by atoms with Gasteiger partial charge in [-0.25, -0.2) is 13.1 Å². The third-order valence-electron chi connectivity index (χ3n) is 3.44. The van der Waals surface area contributed by atoms with E-state index in [9.17, 15) is 8.42 Å². The van der Waals surface area contributed by atoms with Crippen molar-refractivity contribution in [3.8, 4) is 5.75 Å². The molecule has 1 aliphatic heterocycles. The lowest BCUT2D eigenvalue weighted by Crippen LogP contribution is -2.43. The van der Waals surface area contributed by atoms with E-state index < -0.39 is 15.6 Å². The van der Waals surface area contributed by atoms with Crippen LogP contribution in [-0.4, -0.2) is 19.8 Å². The van der Waals surface area contributed by atoms with Crippen LogP contribution in [0.1, 0.15) is 52.6 Å². The van der Waals surface area contributed by atoms with Crippen LogP contribution in [0.4, 0.5) is 5.69 Å². The van der Waals surface area contributed by atoms with Crippen molar-refractivity contribution in [2.75, 3.05) is 11.5 Å². The van der Waals surface area contributed by atoms with Gasteiger partial charge in [0.2, 0.25) is 10.0 Å². The zero-order valence-corrected chi connectivity index (χ0v) is 16.0. The van der Waals surface area contributed by atoms with Gasteiger partial charge < -0.3 is 10.5 Å². The number of halogens is 1. The molecule has 0 saturated heterocycles. The lowest BCUT2D eigenvalue weighted by atomic mass is 9.90. The Morgan fingerprint density at radius 3 is 2.52 bits per heavy atom. The molecule has 132 valence electrons. The fourth-order valence-electron chi connectivity index (χ4n) is 2.81. The first kappa shape index (κ1) is 20.1. The summed E-state index contributed by atoms with van der Waals surface area (Å²) < 4.78 is 33.6. The lowest BCUT2D eigenvalue weighted by molar-refractivity contribution is 0.0702. The van der Waals surface area contributed by atoms with Crippen LogP contribution < -0.4 is 15.2 Å². The Morgan fingerprint density at radius 2 is 1.96 bits per heavy atom. The van der Waals surface area contributed by atoms with Gasteiger partial charge in [0.05, 0.1) is 11.8 Å². The van der Waals surface area contributed by atoms with E-state index in [4.69, 9.17) is 10.5 Å². The Hall–Kier alpha value is -0.980. The second kappa shape index (κ2) is 6.49. The summed E-state index contributed by atoms with van der Waals surface area (Å²) in [6.45, 7) is 9.64. The van der Waals surface area contributed by atoms with Gasteiger partial charge in [-0.15, -0.1) is 12.4 Å². The largest absolute Gasteiger partial charge is 0.487 e. The highest BCUT2D eigenvalue weighted by Gasteiger charge is 2.36. The summed E-state index contributed by atoms with van der Waals surface area (Å²) in [6.07, 6.45) is 0.562. The highest BCUT2D eigenvalue weighted by molar-refractivity contribution is 7.89. The standard InChI is InChI=1S/C16H26N2O3S.ClH/c1-15(2,3)10-22(19,20)18-13-9-16(4,5)21-14-7-6-11(17)8-12(13)14;/h6-8,13,18H,9-10,17H2,1-5H3;1H. The molecule has 1 aromatic rings. The number of fused-ring (bicyclic) bond motifs is 1. The van der Waals surface area contributed by atoms with Crippen molar-refractivity contribution in [2.45, 2.75) is 52.7 Å². The molecule has 0 saturated carbocycles. The van der Waals surface area contributed by atoms with E-state index in [1.165, 1.54) is 0 Å². The minimum atomic E-state index is -3.39. The minimum absolute atomic E-state index is 0. The number of rotatable bonds is 3. The summed E-state index contributed by atoms with van der Waals surface area (Å²) in [7, 11) is -3.39. The van der Waals surface area contributed by atoms with Crippen molar-refractivity contribution in [1.82, 2.24) is 4.72 Å². The molecular formula is C16H27ClN2O3S. The summed E-state index contributed by atoms with van der Waals surface area (Å²) in [4.78, 5) is 0. The van der Waals surface area contributed by atoms with E-state index in [-0.39, 0.29) is 29.6 Å². The van der Waals surface area contributed by atoms with Crippen molar-refractivity contribution >= 4 is 28.1 Å². The highest BCUT2D eigenvalue weighted by atomic mass is 35.5. The summed E-state index contributed by atoms with van der Waals surface area (Å²) >= 11 is 0. The van der Waals surface area contributed by atoms with Crippen molar-refractivity contribution in [2.24, 2.45) is 5.41 Å².